The Morgan fingerprint density at radius 1 is 1.04 bits per heavy atom. The second kappa shape index (κ2) is 13.6. The first kappa shape index (κ1) is 33.0. The third kappa shape index (κ3) is 7.78. The van der Waals surface area contributed by atoms with E-state index < -0.39 is 30.0 Å². The first-order valence-corrected chi connectivity index (χ1v) is 16.0. The Bertz CT molecular complexity index is 1700. The van der Waals surface area contributed by atoms with Crippen molar-refractivity contribution in [2.75, 3.05) is 32.8 Å². The third-order valence-electron chi connectivity index (χ3n) is 9.26. The Morgan fingerprint density at radius 3 is 2.47 bits per heavy atom. The Morgan fingerprint density at radius 2 is 1.79 bits per heavy atom. The molecule has 0 aliphatic carbocycles. The zero-order valence-corrected chi connectivity index (χ0v) is 26.2. The molecule has 13 heteroatoms. The van der Waals surface area contributed by atoms with E-state index in [1.165, 1.54) is 36.4 Å². The monoisotopic (exact) mass is 658 g/mol. The maximum absolute atomic E-state index is 15.6. The minimum absolute atomic E-state index is 0.0672. The number of piperidine rings is 1. The molecule has 3 aliphatic rings. The molecule has 3 fully saturated rings. The lowest BCUT2D eigenvalue weighted by Gasteiger charge is -2.39. The van der Waals surface area contributed by atoms with Crippen LogP contribution in [0.3, 0.4) is 0 Å². The number of benzene rings is 2. The van der Waals surface area contributed by atoms with E-state index in [4.69, 9.17) is 9.47 Å². The highest BCUT2D eigenvalue weighted by Crippen LogP contribution is 2.33. The summed E-state index contributed by atoms with van der Waals surface area (Å²) in [6.07, 6.45) is 0.358. The number of aromatic nitrogens is 1. The summed E-state index contributed by atoms with van der Waals surface area (Å²) in [7, 11) is 0. The molecule has 0 bridgehead atoms. The van der Waals surface area contributed by atoms with Crippen LogP contribution in [0.2, 0.25) is 0 Å². The van der Waals surface area contributed by atoms with Crippen LogP contribution in [0, 0.1) is 11.7 Å². The van der Waals surface area contributed by atoms with Crippen molar-refractivity contribution >= 4 is 22.6 Å². The number of nitrogens with zero attached hydrogens (tertiary/aromatic N) is 3. The van der Waals surface area contributed by atoms with Crippen LogP contribution < -0.4 is 15.6 Å². The average Bonchev–Trinajstić information content (AvgIpc) is 3.35. The molecule has 47 heavy (non-hydrogen) atoms. The van der Waals surface area contributed by atoms with Gasteiger partial charge >= 0.3 is 6.18 Å². The van der Waals surface area contributed by atoms with E-state index in [-0.39, 0.29) is 46.9 Å². The van der Waals surface area contributed by atoms with E-state index in [0.717, 1.165) is 58.2 Å². The fourth-order valence-electron chi connectivity index (χ4n) is 6.81. The summed E-state index contributed by atoms with van der Waals surface area (Å²) in [5.74, 6) is -0.861. The van der Waals surface area contributed by atoms with E-state index >= 15 is 4.39 Å². The van der Waals surface area contributed by atoms with Gasteiger partial charge in [-0.15, -0.1) is 0 Å². The molecular weight excluding hydrogens is 620 g/mol. The minimum atomic E-state index is -4.56. The summed E-state index contributed by atoms with van der Waals surface area (Å²) in [5, 5.41) is 3.40. The lowest BCUT2D eigenvalue weighted by Crippen LogP contribution is -2.49. The van der Waals surface area contributed by atoms with E-state index in [2.05, 4.69) is 10.2 Å². The predicted molar refractivity (Wildman–Crippen MR) is 166 cm³/mol. The maximum Gasteiger partial charge on any atom is 0.406 e. The molecule has 1 N–H and O–H groups in total. The van der Waals surface area contributed by atoms with Gasteiger partial charge in [0.25, 0.3) is 11.5 Å². The van der Waals surface area contributed by atoms with Gasteiger partial charge in [-0.1, -0.05) is 6.92 Å². The highest BCUT2D eigenvalue weighted by molar-refractivity contribution is 5.95. The van der Waals surface area contributed by atoms with Crippen molar-refractivity contribution in [3.05, 3.63) is 69.9 Å². The Balaban J connectivity index is 1.23. The van der Waals surface area contributed by atoms with Gasteiger partial charge in [0.1, 0.15) is 23.9 Å². The topological polar surface area (TPSA) is 93.1 Å². The normalized spacial score (nSPS) is 20.2. The SMILES string of the molecule is C[C@H]1CC(=O)N(Cc2cc(F)c(C(=O)NC3CCN(C4CCOCC4)CC3)cc2Oc2ccc3c(=O)n(CC(F)(F)F)ccc3c2)C1. The Labute approximate surface area is 269 Å². The smallest absolute Gasteiger partial charge is 0.406 e. The third-order valence-corrected chi connectivity index (χ3v) is 9.26. The van der Waals surface area contributed by atoms with Crippen molar-refractivity contribution in [1.29, 1.82) is 0 Å². The van der Waals surface area contributed by atoms with Gasteiger partial charge in [0, 0.05) is 75.0 Å². The number of ether oxygens (including phenoxy) is 2. The predicted octanol–water partition coefficient (Wildman–Crippen LogP) is 5.24. The van der Waals surface area contributed by atoms with Crippen molar-refractivity contribution in [3.63, 3.8) is 0 Å². The zero-order valence-electron chi connectivity index (χ0n) is 26.2. The van der Waals surface area contributed by atoms with Gasteiger partial charge in [0.2, 0.25) is 5.91 Å². The minimum Gasteiger partial charge on any atom is -0.457 e. The summed E-state index contributed by atoms with van der Waals surface area (Å²) in [5.41, 5.74) is -0.646. The summed E-state index contributed by atoms with van der Waals surface area (Å²) in [4.78, 5) is 42.7. The van der Waals surface area contributed by atoms with E-state index in [9.17, 15) is 27.6 Å². The van der Waals surface area contributed by atoms with Gasteiger partial charge in [-0.2, -0.15) is 13.2 Å². The number of carbonyl (C=O) groups is 2. The van der Waals surface area contributed by atoms with Gasteiger partial charge in [-0.05, 0) is 73.4 Å². The summed E-state index contributed by atoms with van der Waals surface area (Å²) in [6.45, 7) is 4.28. The van der Waals surface area contributed by atoms with E-state index in [0.29, 0.717) is 34.5 Å². The molecule has 3 saturated heterocycles. The first-order chi connectivity index (χ1) is 22.4. The lowest BCUT2D eigenvalue weighted by atomic mass is 9.99. The molecule has 3 aliphatic heterocycles. The molecule has 0 unspecified atom stereocenters. The molecule has 3 aromatic rings. The lowest BCUT2D eigenvalue weighted by molar-refractivity contribution is -0.141. The first-order valence-electron chi connectivity index (χ1n) is 16.0. The standard InChI is InChI=1S/C34H38F4N4O5/c1-21-14-31(43)42(18-21)19-23-16-29(35)28(32(44)39-24-5-10-40(11-6-24)25-7-12-46-13-8-25)17-30(23)47-26-2-3-27-22(15-26)4-9-41(33(27)45)20-34(36,37)38/h2-4,9,15-17,21,24-25H,5-8,10-14,18-20H2,1H3,(H,39,44)/t21-/m0/s1. The van der Waals surface area contributed by atoms with Crippen molar-refractivity contribution in [1.82, 2.24) is 19.7 Å². The van der Waals surface area contributed by atoms with Crippen molar-refractivity contribution < 1.29 is 36.6 Å². The van der Waals surface area contributed by atoms with E-state index in [1.54, 1.807) is 4.90 Å². The number of nitrogens with one attached hydrogen (secondary N) is 1. The second-order valence-corrected chi connectivity index (χ2v) is 12.9. The number of pyridine rings is 1. The van der Waals surface area contributed by atoms with Gasteiger partial charge in [-0.25, -0.2) is 4.39 Å². The van der Waals surface area contributed by atoms with Crippen LogP contribution in [0.1, 0.15) is 54.9 Å². The molecule has 2 aromatic carbocycles. The van der Waals surface area contributed by atoms with Gasteiger partial charge in [-0.3, -0.25) is 14.4 Å². The number of rotatable bonds is 8. The number of halogens is 4. The molecule has 9 nitrogen and oxygen atoms in total. The van der Waals surface area contributed by atoms with Gasteiger partial charge in [0.15, 0.2) is 0 Å². The fourth-order valence-corrected chi connectivity index (χ4v) is 6.81. The molecule has 1 aromatic heterocycles. The molecule has 1 atom stereocenters. The van der Waals surface area contributed by atoms with Crippen LogP contribution in [0.15, 0.2) is 47.4 Å². The number of carbonyl (C=O) groups excluding carboxylic acids is 2. The fraction of sp³-hybridized carbons (Fsp3) is 0.500. The van der Waals surface area contributed by atoms with Crippen molar-refractivity contribution in [2.24, 2.45) is 5.92 Å². The van der Waals surface area contributed by atoms with Gasteiger partial charge in [0.05, 0.1) is 5.56 Å². The van der Waals surface area contributed by atoms with Crippen LogP contribution in [-0.4, -0.2) is 77.3 Å². The number of amides is 2. The second-order valence-electron chi connectivity index (χ2n) is 12.9. The number of hydrogen-bond acceptors (Lipinski definition) is 6. The molecule has 0 saturated carbocycles. The Hall–Kier alpha value is -3.97. The largest absolute Gasteiger partial charge is 0.457 e. The Kier molecular flexibility index (Phi) is 9.56. The van der Waals surface area contributed by atoms with Crippen molar-refractivity contribution in [3.8, 4) is 11.5 Å². The molecule has 0 spiro atoms. The molecule has 4 heterocycles. The average molecular weight is 659 g/mol. The van der Waals surface area contributed by atoms with Crippen LogP contribution in [-0.2, 0) is 22.6 Å². The van der Waals surface area contributed by atoms with Gasteiger partial charge < -0.3 is 29.2 Å². The number of alkyl halides is 3. The number of fused-ring (bicyclic) bond motifs is 1. The molecule has 2 amide bonds. The van der Waals surface area contributed by atoms with Crippen molar-refractivity contribution in [2.45, 2.75) is 70.4 Å². The molecule has 252 valence electrons. The summed E-state index contributed by atoms with van der Waals surface area (Å²) in [6, 6.07) is 8.59. The number of hydrogen-bond donors (Lipinski definition) is 1. The maximum atomic E-state index is 15.6. The van der Waals surface area contributed by atoms with E-state index in [1.807, 2.05) is 6.92 Å². The van der Waals surface area contributed by atoms with Crippen LogP contribution in [0.5, 0.6) is 11.5 Å². The molecule has 6 rings (SSSR count). The quantitative estimate of drug-likeness (QED) is 0.333. The van der Waals surface area contributed by atoms with Crippen LogP contribution >= 0.6 is 0 Å². The van der Waals surface area contributed by atoms with Crippen LogP contribution in [0.4, 0.5) is 17.6 Å². The zero-order chi connectivity index (χ0) is 33.3. The summed E-state index contributed by atoms with van der Waals surface area (Å²) < 4.78 is 66.6. The molecule has 0 radical (unpaired) electrons. The van der Waals surface area contributed by atoms with Crippen LogP contribution in [0.25, 0.3) is 10.8 Å². The summed E-state index contributed by atoms with van der Waals surface area (Å²) >= 11 is 0. The highest BCUT2D eigenvalue weighted by Gasteiger charge is 2.31. The highest BCUT2D eigenvalue weighted by atomic mass is 19.4. The number of likely N-dealkylation sites (tertiary alicyclic amines) is 2. The molecular formula is C34H38F4N4O5.